The van der Waals surface area contributed by atoms with Crippen molar-refractivity contribution in [2.75, 3.05) is 58.5 Å². The van der Waals surface area contributed by atoms with Crippen LogP contribution in [-0.2, 0) is 9.47 Å². The Morgan fingerprint density at radius 1 is 1.36 bits per heavy atom. The van der Waals surface area contributed by atoms with E-state index in [0.29, 0.717) is 32.4 Å². The molecule has 0 spiro atoms. The van der Waals surface area contributed by atoms with E-state index in [1.165, 1.54) is 5.69 Å². The molecule has 25 heavy (non-hydrogen) atoms. The Balaban J connectivity index is 0.00000312. The molecule has 0 amide bonds. The van der Waals surface area contributed by atoms with Crippen LogP contribution >= 0.6 is 35.6 Å². The van der Waals surface area contributed by atoms with Crippen LogP contribution in [0.15, 0.2) is 29.3 Å². The van der Waals surface area contributed by atoms with E-state index in [9.17, 15) is 0 Å². The first-order chi connectivity index (χ1) is 11.7. The number of guanidine groups is 1. The van der Waals surface area contributed by atoms with E-state index in [2.05, 4.69) is 26.6 Å². The van der Waals surface area contributed by atoms with Crippen LogP contribution in [0.25, 0.3) is 0 Å². The molecule has 2 rings (SSSR count). The van der Waals surface area contributed by atoms with Gasteiger partial charge < -0.3 is 25.0 Å². The molecule has 1 fully saturated rings. The van der Waals surface area contributed by atoms with Gasteiger partial charge in [0.2, 0.25) is 0 Å². The Bertz CT molecular complexity index is 533. The van der Waals surface area contributed by atoms with Gasteiger partial charge in [0.05, 0.1) is 19.8 Å². The highest BCUT2D eigenvalue weighted by molar-refractivity contribution is 14.0. The summed E-state index contributed by atoms with van der Waals surface area (Å²) in [5, 5.41) is 7.51. The molecule has 0 aromatic heterocycles. The van der Waals surface area contributed by atoms with Crippen molar-refractivity contribution in [1.82, 2.24) is 10.6 Å². The molecule has 1 aliphatic heterocycles. The van der Waals surface area contributed by atoms with Crippen LogP contribution in [0.5, 0.6) is 0 Å². The van der Waals surface area contributed by atoms with Crippen molar-refractivity contribution in [3.05, 3.63) is 29.3 Å². The monoisotopic (exact) mass is 482 g/mol. The average Bonchev–Trinajstić information content (AvgIpc) is 3.05. The largest absolute Gasteiger partial charge is 0.382 e. The molecule has 8 heteroatoms. The lowest BCUT2D eigenvalue weighted by molar-refractivity contribution is 0.0733. The number of aliphatic imine (C=N–C) groups is 1. The Kier molecular flexibility index (Phi) is 11.2. The number of nitrogens with one attached hydrogen (secondary N) is 2. The zero-order valence-corrected chi connectivity index (χ0v) is 17.9. The fraction of sp³-hybridized carbons (Fsp3) is 0.588. The third kappa shape index (κ3) is 7.98. The summed E-state index contributed by atoms with van der Waals surface area (Å²) in [5.74, 6) is 0.809. The van der Waals surface area contributed by atoms with Gasteiger partial charge >= 0.3 is 0 Å². The molecule has 0 radical (unpaired) electrons. The Hall–Kier alpha value is -0.770. The predicted octanol–water partition coefficient (Wildman–Crippen LogP) is 2.36. The van der Waals surface area contributed by atoms with Crippen LogP contribution in [0.4, 0.5) is 5.69 Å². The summed E-state index contributed by atoms with van der Waals surface area (Å²) < 4.78 is 10.4. The Labute approximate surface area is 172 Å². The van der Waals surface area contributed by atoms with Gasteiger partial charge in [-0.3, -0.25) is 4.99 Å². The number of rotatable bonds is 8. The Morgan fingerprint density at radius 3 is 2.92 bits per heavy atom. The van der Waals surface area contributed by atoms with Gasteiger partial charge in [0, 0.05) is 50.5 Å². The molecule has 1 heterocycles. The number of methoxy groups -OCH3 is 1. The normalized spacial score (nSPS) is 17.3. The van der Waals surface area contributed by atoms with Crippen molar-refractivity contribution in [2.45, 2.75) is 12.5 Å². The lowest BCUT2D eigenvalue weighted by Crippen LogP contribution is -2.45. The number of hydrogen-bond acceptors (Lipinski definition) is 4. The number of halogens is 2. The summed E-state index contributed by atoms with van der Waals surface area (Å²) in [6.07, 6.45) is 1.07. The van der Waals surface area contributed by atoms with E-state index in [1.807, 2.05) is 18.2 Å². The van der Waals surface area contributed by atoms with E-state index < -0.39 is 0 Å². The van der Waals surface area contributed by atoms with Gasteiger partial charge in [-0.2, -0.15) is 0 Å². The van der Waals surface area contributed by atoms with Gasteiger partial charge in [0.15, 0.2) is 5.96 Å². The maximum absolute atomic E-state index is 6.08. The SMILES string of the molecule is CN=C(NCCOCCOC)NC1CCN(c2cccc(Cl)c2)C1.I. The van der Waals surface area contributed by atoms with Crippen molar-refractivity contribution in [1.29, 1.82) is 0 Å². The minimum absolute atomic E-state index is 0. The minimum atomic E-state index is 0. The van der Waals surface area contributed by atoms with Crippen LogP contribution in [0.3, 0.4) is 0 Å². The quantitative estimate of drug-likeness (QED) is 0.258. The maximum Gasteiger partial charge on any atom is 0.191 e. The summed E-state index contributed by atoms with van der Waals surface area (Å²) in [6, 6.07) is 8.36. The molecule has 1 atom stereocenters. The fourth-order valence-electron chi connectivity index (χ4n) is 2.66. The second kappa shape index (κ2) is 12.6. The topological polar surface area (TPSA) is 58.1 Å². The highest BCUT2D eigenvalue weighted by Gasteiger charge is 2.23. The second-order valence-corrected chi connectivity index (χ2v) is 6.10. The second-order valence-electron chi connectivity index (χ2n) is 5.66. The molecule has 142 valence electrons. The van der Waals surface area contributed by atoms with E-state index >= 15 is 0 Å². The molecular weight excluding hydrogens is 455 g/mol. The summed E-state index contributed by atoms with van der Waals surface area (Å²) in [7, 11) is 3.45. The van der Waals surface area contributed by atoms with Crippen LogP contribution in [0, 0.1) is 0 Å². The van der Waals surface area contributed by atoms with E-state index in [1.54, 1.807) is 14.2 Å². The number of benzene rings is 1. The number of anilines is 1. The van der Waals surface area contributed by atoms with E-state index in [0.717, 1.165) is 30.5 Å². The van der Waals surface area contributed by atoms with Gasteiger partial charge in [0.25, 0.3) is 0 Å². The highest BCUT2D eigenvalue weighted by atomic mass is 127. The Morgan fingerprint density at radius 2 is 2.20 bits per heavy atom. The summed E-state index contributed by atoms with van der Waals surface area (Å²) in [6.45, 7) is 4.52. The summed E-state index contributed by atoms with van der Waals surface area (Å²) >= 11 is 6.08. The molecule has 0 saturated carbocycles. The molecule has 1 saturated heterocycles. The van der Waals surface area contributed by atoms with Gasteiger partial charge in [0.1, 0.15) is 0 Å². The number of nitrogens with zero attached hydrogens (tertiary/aromatic N) is 2. The molecule has 1 unspecified atom stereocenters. The molecule has 6 nitrogen and oxygen atoms in total. The van der Waals surface area contributed by atoms with Crippen molar-refractivity contribution in [3.8, 4) is 0 Å². The van der Waals surface area contributed by atoms with Crippen molar-refractivity contribution < 1.29 is 9.47 Å². The van der Waals surface area contributed by atoms with E-state index in [-0.39, 0.29) is 24.0 Å². The first-order valence-corrected chi connectivity index (χ1v) is 8.65. The molecule has 0 bridgehead atoms. The van der Waals surface area contributed by atoms with Gasteiger partial charge in [-0.15, -0.1) is 24.0 Å². The van der Waals surface area contributed by atoms with Crippen molar-refractivity contribution in [2.24, 2.45) is 4.99 Å². The van der Waals surface area contributed by atoms with Crippen LogP contribution in [0.1, 0.15) is 6.42 Å². The minimum Gasteiger partial charge on any atom is -0.382 e. The van der Waals surface area contributed by atoms with Gasteiger partial charge in [-0.25, -0.2) is 0 Å². The highest BCUT2D eigenvalue weighted by Crippen LogP contribution is 2.23. The third-order valence-electron chi connectivity index (χ3n) is 3.90. The molecular formula is C17H28ClIN4O2. The molecule has 1 aliphatic rings. The van der Waals surface area contributed by atoms with Crippen LogP contribution < -0.4 is 15.5 Å². The third-order valence-corrected chi connectivity index (χ3v) is 4.13. The zero-order valence-electron chi connectivity index (χ0n) is 14.8. The summed E-state index contributed by atoms with van der Waals surface area (Å²) in [5.41, 5.74) is 1.17. The van der Waals surface area contributed by atoms with Crippen LogP contribution in [-0.4, -0.2) is 65.6 Å². The lowest BCUT2D eigenvalue weighted by atomic mass is 10.3. The standard InChI is InChI=1S/C17H27ClN4O2.HI/c1-19-17(20-7-9-24-11-10-23-2)21-15-6-8-22(13-15)16-5-3-4-14(18)12-16;/h3-5,12,15H,6-11,13H2,1-2H3,(H2,19,20,21);1H. The predicted molar refractivity (Wildman–Crippen MR) is 115 cm³/mol. The number of hydrogen-bond donors (Lipinski definition) is 2. The average molecular weight is 483 g/mol. The molecule has 0 aliphatic carbocycles. The first kappa shape index (κ1) is 22.3. The van der Waals surface area contributed by atoms with Crippen molar-refractivity contribution in [3.63, 3.8) is 0 Å². The summed E-state index contributed by atoms with van der Waals surface area (Å²) in [4.78, 5) is 6.61. The maximum atomic E-state index is 6.08. The fourth-order valence-corrected chi connectivity index (χ4v) is 2.84. The smallest absolute Gasteiger partial charge is 0.191 e. The molecule has 1 aromatic carbocycles. The first-order valence-electron chi connectivity index (χ1n) is 8.27. The lowest BCUT2D eigenvalue weighted by Gasteiger charge is -2.20. The van der Waals surface area contributed by atoms with E-state index in [4.69, 9.17) is 21.1 Å². The van der Waals surface area contributed by atoms with Crippen molar-refractivity contribution >= 4 is 47.2 Å². The number of ether oxygens (including phenoxy) is 2. The van der Waals surface area contributed by atoms with Gasteiger partial charge in [-0.05, 0) is 24.6 Å². The molecule has 2 N–H and O–H groups in total. The zero-order chi connectivity index (χ0) is 17.2. The van der Waals surface area contributed by atoms with Crippen LogP contribution in [0.2, 0.25) is 5.02 Å². The molecule has 1 aromatic rings. The van der Waals surface area contributed by atoms with Gasteiger partial charge in [-0.1, -0.05) is 17.7 Å².